The lowest BCUT2D eigenvalue weighted by Crippen LogP contribution is -2.43. The molecule has 1 amide bonds. The van der Waals surface area contributed by atoms with Crippen molar-refractivity contribution in [3.63, 3.8) is 0 Å². The molecule has 6 nitrogen and oxygen atoms in total. The Labute approximate surface area is 155 Å². The number of amides is 1. The average molecular weight is 386 g/mol. The van der Waals surface area contributed by atoms with Crippen molar-refractivity contribution in [1.82, 2.24) is 9.62 Å². The van der Waals surface area contributed by atoms with Crippen molar-refractivity contribution in [3.05, 3.63) is 23.8 Å². The zero-order valence-corrected chi connectivity index (χ0v) is 15.9. The summed E-state index contributed by atoms with van der Waals surface area (Å²) in [6, 6.07) is 5.18. The standard InChI is InChI=1S/C17H23N3O3S.ClH/c1-12(21)20-7-5-13-8-16(2-3-17(13)20)24(22,23)19-6-4-14-9-18-10-15(14)11-19;/h2-3,8,14-15,18H,4-7,9-11H2,1H3;1H. The van der Waals surface area contributed by atoms with Crippen molar-refractivity contribution in [2.24, 2.45) is 11.8 Å². The lowest BCUT2D eigenvalue weighted by Gasteiger charge is -2.33. The van der Waals surface area contributed by atoms with Crippen molar-refractivity contribution in [2.75, 3.05) is 37.6 Å². The molecule has 0 spiro atoms. The first-order valence-electron chi connectivity index (χ1n) is 8.59. The number of sulfonamides is 1. The summed E-state index contributed by atoms with van der Waals surface area (Å²) in [7, 11) is -3.46. The fourth-order valence-electron chi connectivity index (χ4n) is 4.23. The average Bonchev–Trinajstić information content (AvgIpc) is 3.19. The summed E-state index contributed by atoms with van der Waals surface area (Å²) in [5, 5.41) is 3.37. The van der Waals surface area contributed by atoms with Crippen LogP contribution in [0, 0.1) is 11.8 Å². The maximum absolute atomic E-state index is 13.0. The SMILES string of the molecule is CC(=O)N1CCc2cc(S(=O)(=O)N3CCC4CNCC4C3)ccc21.Cl. The number of halogens is 1. The second-order valence-corrected chi connectivity index (χ2v) is 8.98. The van der Waals surface area contributed by atoms with Gasteiger partial charge in [-0.3, -0.25) is 4.79 Å². The van der Waals surface area contributed by atoms with E-state index < -0.39 is 10.0 Å². The number of hydrogen-bond acceptors (Lipinski definition) is 4. The topological polar surface area (TPSA) is 69.7 Å². The maximum Gasteiger partial charge on any atom is 0.243 e. The second kappa shape index (κ2) is 6.87. The summed E-state index contributed by atoms with van der Waals surface area (Å²) in [5.74, 6) is 1.04. The van der Waals surface area contributed by atoms with E-state index in [-0.39, 0.29) is 18.3 Å². The van der Waals surface area contributed by atoms with Gasteiger partial charge in [-0.15, -0.1) is 12.4 Å². The molecule has 2 fully saturated rings. The molecule has 0 radical (unpaired) electrons. The van der Waals surface area contributed by atoms with E-state index in [1.807, 2.05) is 0 Å². The number of rotatable bonds is 2. The minimum Gasteiger partial charge on any atom is -0.316 e. The molecule has 25 heavy (non-hydrogen) atoms. The van der Waals surface area contributed by atoms with Crippen LogP contribution in [0.15, 0.2) is 23.1 Å². The molecule has 8 heteroatoms. The van der Waals surface area contributed by atoms with Crippen LogP contribution in [-0.2, 0) is 21.2 Å². The third kappa shape index (κ3) is 3.18. The third-order valence-electron chi connectivity index (χ3n) is 5.63. The van der Waals surface area contributed by atoms with Gasteiger partial charge < -0.3 is 10.2 Å². The molecule has 1 aromatic rings. The van der Waals surface area contributed by atoms with Crippen molar-refractivity contribution < 1.29 is 13.2 Å². The first-order chi connectivity index (χ1) is 11.5. The molecule has 138 valence electrons. The van der Waals surface area contributed by atoms with Gasteiger partial charge in [-0.2, -0.15) is 4.31 Å². The van der Waals surface area contributed by atoms with Gasteiger partial charge in [-0.05, 0) is 61.5 Å². The summed E-state index contributed by atoms with van der Waals surface area (Å²) < 4.78 is 27.7. The molecular weight excluding hydrogens is 362 g/mol. The number of hydrogen-bond donors (Lipinski definition) is 1. The van der Waals surface area contributed by atoms with Crippen LogP contribution in [0.4, 0.5) is 5.69 Å². The molecule has 1 aromatic carbocycles. The fourth-order valence-corrected chi connectivity index (χ4v) is 5.80. The van der Waals surface area contributed by atoms with Gasteiger partial charge in [-0.1, -0.05) is 0 Å². The van der Waals surface area contributed by atoms with Crippen LogP contribution in [0.5, 0.6) is 0 Å². The highest BCUT2D eigenvalue weighted by Crippen LogP contribution is 2.33. The zero-order valence-electron chi connectivity index (χ0n) is 14.3. The Kier molecular flexibility index (Phi) is 5.12. The van der Waals surface area contributed by atoms with E-state index in [0.29, 0.717) is 42.8 Å². The zero-order chi connectivity index (χ0) is 16.9. The van der Waals surface area contributed by atoms with Gasteiger partial charge in [0.05, 0.1) is 4.90 Å². The molecule has 0 saturated carbocycles. The summed E-state index contributed by atoms with van der Waals surface area (Å²) in [5.41, 5.74) is 1.80. The summed E-state index contributed by atoms with van der Waals surface area (Å²) in [6.45, 7) is 5.30. The lowest BCUT2D eigenvalue weighted by atomic mass is 9.90. The van der Waals surface area contributed by atoms with Crippen LogP contribution in [0.3, 0.4) is 0 Å². The highest BCUT2D eigenvalue weighted by Gasteiger charge is 2.38. The molecule has 2 saturated heterocycles. The maximum atomic E-state index is 13.0. The van der Waals surface area contributed by atoms with Crippen molar-refractivity contribution in [3.8, 4) is 0 Å². The van der Waals surface area contributed by atoms with Gasteiger partial charge in [-0.25, -0.2) is 8.42 Å². The first-order valence-corrected chi connectivity index (χ1v) is 10.0. The molecule has 1 N–H and O–H groups in total. The van der Waals surface area contributed by atoms with Crippen molar-refractivity contribution in [1.29, 1.82) is 0 Å². The van der Waals surface area contributed by atoms with Crippen LogP contribution < -0.4 is 10.2 Å². The first kappa shape index (κ1) is 18.6. The minimum absolute atomic E-state index is 0. The van der Waals surface area contributed by atoms with Gasteiger partial charge in [0.25, 0.3) is 0 Å². The summed E-state index contributed by atoms with van der Waals surface area (Å²) >= 11 is 0. The van der Waals surface area contributed by atoms with E-state index in [1.54, 1.807) is 34.3 Å². The Hall–Kier alpha value is -1.15. The van der Waals surface area contributed by atoms with E-state index in [2.05, 4.69) is 5.32 Å². The quantitative estimate of drug-likeness (QED) is 0.831. The number of fused-ring (bicyclic) bond motifs is 2. The third-order valence-corrected chi connectivity index (χ3v) is 7.49. The molecule has 3 aliphatic heterocycles. The van der Waals surface area contributed by atoms with Gasteiger partial charge in [0, 0.05) is 32.2 Å². The minimum atomic E-state index is -3.46. The number of piperidine rings is 1. The molecule has 2 unspecified atom stereocenters. The van der Waals surface area contributed by atoms with Gasteiger partial charge in [0.15, 0.2) is 0 Å². The lowest BCUT2D eigenvalue weighted by molar-refractivity contribution is -0.116. The van der Waals surface area contributed by atoms with Gasteiger partial charge in [0.1, 0.15) is 0 Å². The molecule has 0 bridgehead atoms. The number of benzene rings is 1. The monoisotopic (exact) mass is 385 g/mol. The molecule has 0 aliphatic carbocycles. The number of anilines is 1. The normalized spacial score (nSPS) is 26.0. The highest BCUT2D eigenvalue weighted by atomic mass is 35.5. The van der Waals surface area contributed by atoms with Gasteiger partial charge >= 0.3 is 0 Å². The predicted octanol–water partition coefficient (Wildman–Crippen LogP) is 1.25. The molecule has 4 rings (SSSR count). The number of carbonyl (C=O) groups excluding carboxylic acids is 1. The smallest absolute Gasteiger partial charge is 0.243 e. The van der Waals surface area contributed by atoms with Crippen molar-refractivity contribution in [2.45, 2.75) is 24.7 Å². The van der Waals surface area contributed by atoms with Crippen LogP contribution in [0.2, 0.25) is 0 Å². The van der Waals surface area contributed by atoms with Crippen molar-refractivity contribution >= 4 is 34.0 Å². The molecule has 3 heterocycles. The molecule has 3 aliphatic rings. The Morgan fingerprint density at radius 1 is 1.20 bits per heavy atom. The molecule has 2 atom stereocenters. The second-order valence-electron chi connectivity index (χ2n) is 7.04. The fraction of sp³-hybridized carbons (Fsp3) is 0.588. The van der Waals surface area contributed by atoms with E-state index in [1.165, 1.54) is 0 Å². The van der Waals surface area contributed by atoms with Gasteiger partial charge in [0.2, 0.25) is 15.9 Å². The van der Waals surface area contributed by atoms with E-state index in [9.17, 15) is 13.2 Å². The number of nitrogens with one attached hydrogen (secondary N) is 1. The van der Waals surface area contributed by atoms with E-state index in [4.69, 9.17) is 0 Å². The Bertz CT molecular complexity index is 783. The Morgan fingerprint density at radius 3 is 2.72 bits per heavy atom. The highest BCUT2D eigenvalue weighted by molar-refractivity contribution is 7.89. The largest absolute Gasteiger partial charge is 0.316 e. The summed E-state index contributed by atoms with van der Waals surface area (Å²) in [6.07, 6.45) is 1.65. The molecular formula is C17H24ClN3O3S. The number of nitrogens with zero attached hydrogens (tertiary/aromatic N) is 2. The Morgan fingerprint density at radius 2 is 1.96 bits per heavy atom. The van der Waals surface area contributed by atoms with Crippen LogP contribution in [0.1, 0.15) is 18.9 Å². The molecule has 0 aromatic heterocycles. The predicted molar refractivity (Wildman–Crippen MR) is 98.6 cm³/mol. The number of carbonyl (C=O) groups is 1. The Balaban J connectivity index is 0.00000182. The summed E-state index contributed by atoms with van der Waals surface area (Å²) in [4.78, 5) is 13.7. The van der Waals surface area contributed by atoms with Crippen LogP contribution >= 0.6 is 12.4 Å². The van der Waals surface area contributed by atoms with Crippen LogP contribution in [-0.4, -0.2) is 51.4 Å². The van der Waals surface area contributed by atoms with E-state index >= 15 is 0 Å². The van der Waals surface area contributed by atoms with Crippen LogP contribution in [0.25, 0.3) is 0 Å². The van der Waals surface area contributed by atoms with E-state index in [0.717, 1.165) is 30.8 Å².